The summed E-state index contributed by atoms with van der Waals surface area (Å²) in [6, 6.07) is 14.9. The van der Waals surface area contributed by atoms with Crippen molar-refractivity contribution in [3.8, 4) is 5.69 Å². The third-order valence-electron chi connectivity index (χ3n) is 3.89. The van der Waals surface area contributed by atoms with E-state index in [0.29, 0.717) is 11.4 Å². The zero-order valence-corrected chi connectivity index (χ0v) is 13.9. The summed E-state index contributed by atoms with van der Waals surface area (Å²) in [5.74, 6) is -0.183. The fourth-order valence-electron chi connectivity index (χ4n) is 2.72. The first-order valence-electron chi connectivity index (χ1n) is 7.89. The molecule has 2 N–H and O–H groups in total. The van der Waals surface area contributed by atoms with Gasteiger partial charge in [-0.3, -0.25) is 9.78 Å². The minimum atomic E-state index is -0.625. The van der Waals surface area contributed by atoms with Crippen LogP contribution < -0.4 is 16.6 Å². The van der Waals surface area contributed by atoms with E-state index in [1.807, 2.05) is 37.3 Å². The Labute approximate surface area is 143 Å². The first-order valence-corrected chi connectivity index (χ1v) is 7.89. The summed E-state index contributed by atoms with van der Waals surface area (Å²) >= 11 is 0. The minimum absolute atomic E-state index is 0.0940. The van der Waals surface area contributed by atoms with Gasteiger partial charge in [-0.25, -0.2) is 13.8 Å². The monoisotopic (exact) mass is 339 g/mol. The fraction of sp³-hybridized carbons (Fsp3) is 0.158. The van der Waals surface area contributed by atoms with Gasteiger partial charge in [0.05, 0.1) is 5.69 Å². The van der Waals surface area contributed by atoms with Gasteiger partial charge in [0.15, 0.2) is 0 Å². The summed E-state index contributed by atoms with van der Waals surface area (Å²) in [5, 5.41) is 3.10. The van der Waals surface area contributed by atoms with Crippen LogP contribution in [0.4, 0.5) is 10.2 Å². The van der Waals surface area contributed by atoms with Crippen molar-refractivity contribution in [3.63, 3.8) is 0 Å². The molecule has 3 aromatic rings. The lowest BCUT2D eigenvalue weighted by molar-refractivity contribution is 0.624. The van der Waals surface area contributed by atoms with Crippen LogP contribution in [-0.4, -0.2) is 9.55 Å². The Morgan fingerprint density at radius 2 is 1.80 bits per heavy atom. The summed E-state index contributed by atoms with van der Waals surface area (Å²) in [5.41, 5.74) is 0.692. The molecule has 1 atom stereocenters. The molecule has 1 aromatic heterocycles. The van der Waals surface area contributed by atoms with Crippen LogP contribution in [0.25, 0.3) is 5.69 Å². The number of anilines is 1. The quantitative estimate of drug-likeness (QED) is 0.767. The van der Waals surface area contributed by atoms with Gasteiger partial charge in [-0.1, -0.05) is 30.3 Å². The van der Waals surface area contributed by atoms with E-state index in [1.165, 1.54) is 12.1 Å². The van der Waals surface area contributed by atoms with Gasteiger partial charge >= 0.3 is 5.69 Å². The molecule has 2 aromatic carbocycles. The van der Waals surface area contributed by atoms with Crippen molar-refractivity contribution < 1.29 is 4.39 Å². The second kappa shape index (κ2) is 6.76. The summed E-state index contributed by atoms with van der Waals surface area (Å²) in [7, 11) is 0. The van der Waals surface area contributed by atoms with Crippen molar-refractivity contribution in [2.75, 3.05) is 5.32 Å². The van der Waals surface area contributed by atoms with Gasteiger partial charge in [-0.05, 0) is 43.2 Å². The summed E-state index contributed by atoms with van der Waals surface area (Å²) in [6.45, 7) is 3.62. The van der Waals surface area contributed by atoms with Crippen LogP contribution in [-0.2, 0) is 0 Å². The van der Waals surface area contributed by atoms with Crippen LogP contribution in [0.15, 0.2) is 64.2 Å². The van der Waals surface area contributed by atoms with Crippen molar-refractivity contribution in [2.45, 2.75) is 19.9 Å². The van der Waals surface area contributed by atoms with E-state index in [-0.39, 0.29) is 11.7 Å². The number of aryl methyl sites for hydroxylation is 1. The number of hydrogen-bond donors (Lipinski definition) is 2. The predicted octanol–water partition coefficient (Wildman–Crippen LogP) is 3.15. The largest absolute Gasteiger partial charge is 0.365 e. The molecule has 25 heavy (non-hydrogen) atoms. The van der Waals surface area contributed by atoms with E-state index in [4.69, 9.17) is 0 Å². The Morgan fingerprint density at radius 3 is 2.44 bits per heavy atom. The topological polar surface area (TPSA) is 66.9 Å². The molecule has 0 aliphatic rings. The van der Waals surface area contributed by atoms with Gasteiger partial charge in [-0.15, -0.1) is 0 Å². The van der Waals surface area contributed by atoms with Crippen molar-refractivity contribution in [1.82, 2.24) is 9.55 Å². The molecule has 5 nitrogen and oxygen atoms in total. The van der Waals surface area contributed by atoms with Crippen LogP contribution in [0.1, 0.15) is 24.1 Å². The molecule has 0 fully saturated rings. The van der Waals surface area contributed by atoms with E-state index < -0.39 is 17.1 Å². The van der Waals surface area contributed by atoms with E-state index in [0.717, 1.165) is 16.2 Å². The van der Waals surface area contributed by atoms with Crippen molar-refractivity contribution in [2.24, 2.45) is 0 Å². The predicted molar refractivity (Wildman–Crippen MR) is 95.8 cm³/mol. The highest BCUT2D eigenvalue weighted by Gasteiger charge is 2.11. The van der Waals surface area contributed by atoms with E-state index in [2.05, 4.69) is 10.3 Å². The molecule has 0 aliphatic carbocycles. The van der Waals surface area contributed by atoms with Crippen LogP contribution in [0.5, 0.6) is 0 Å². The van der Waals surface area contributed by atoms with Crippen molar-refractivity contribution in [1.29, 1.82) is 0 Å². The van der Waals surface area contributed by atoms with E-state index in [9.17, 15) is 14.0 Å². The first-order chi connectivity index (χ1) is 11.9. The molecule has 0 amide bonds. The second-order valence-corrected chi connectivity index (χ2v) is 5.93. The van der Waals surface area contributed by atoms with E-state index >= 15 is 0 Å². The average molecular weight is 339 g/mol. The number of nitrogens with zero attached hydrogens (tertiary/aromatic N) is 1. The number of hydrogen-bond acceptors (Lipinski definition) is 3. The maximum absolute atomic E-state index is 13.6. The SMILES string of the molecule is Cc1cc(F)cc(-n2c(=O)cc(N[C@@H](C)c3ccccc3)[nH]c2=O)c1. The Kier molecular flexibility index (Phi) is 4.52. The van der Waals surface area contributed by atoms with Gasteiger partial charge in [-0.2, -0.15) is 0 Å². The lowest BCUT2D eigenvalue weighted by atomic mass is 10.1. The third-order valence-corrected chi connectivity index (χ3v) is 3.89. The number of rotatable bonds is 4. The number of benzene rings is 2. The molecule has 128 valence electrons. The summed E-state index contributed by atoms with van der Waals surface area (Å²) < 4.78 is 14.5. The molecule has 1 heterocycles. The first kappa shape index (κ1) is 16.7. The van der Waals surface area contributed by atoms with E-state index in [1.54, 1.807) is 13.0 Å². The molecule has 0 radical (unpaired) electrons. The van der Waals surface area contributed by atoms with Gasteiger partial charge in [0.1, 0.15) is 11.6 Å². The molecule has 0 saturated heterocycles. The van der Waals surface area contributed by atoms with Crippen LogP contribution in [0.3, 0.4) is 0 Å². The molecule has 6 heteroatoms. The van der Waals surface area contributed by atoms with Crippen LogP contribution in [0.2, 0.25) is 0 Å². The normalized spacial score (nSPS) is 12.0. The highest BCUT2D eigenvalue weighted by atomic mass is 19.1. The number of halogens is 1. The van der Waals surface area contributed by atoms with Crippen molar-refractivity contribution >= 4 is 5.82 Å². The van der Waals surface area contributed by atoms with Gasteiger partial charge in [0, 0.05) is 12.1 Å². The highest BCUT2D eigenvalue weighted by Crippen LogP contribution is 2.16. The maximum atomic E-state index is 13.6. The molecule has 0 spiro atoms. The molecule has 0 aliphatic heterocycles. The smallest absolute Gasteiger partial charge is 0.334 e. The van der Waals surface area contributed by atoms with Gasteiger partial charge in [0.2, 0.25) is 0 Å². The Morgan fingerprint density at radius 1 is 1.08 bits per heavy atom. The highest BCUT2D eigenvalue weighted by molar-refractivity contribution is 5.40. The molecule has 0 unspecified atom stereocenters. The standard InChI is InChI=1S/C19H18FN3O2/c1-12-8-15(20)10-16(9-12)23-18(24)11-17(22-19(23)25)21-13(2)14-6-4-3-5-7-14/h3-11,13,21H,1-2H3,(H,22,25)/t13-/m0/s1. The van der Waals surface area contributed by atoms with Crippen LogP contribution >= 0.6 is 0 Å². The summed E-state index contributed by atoms with van der Waals surface area (Å²) in [6.07, 6.45) is 0. The average Bonchev–Trinajstić information content (AvgIpc) is 2.54. The Hall–Kier alpha value is -3.15. The molecular formula is C19H18FN3O2. The zero-order chi connectivity index (χ0) is 18.0. The lowest BCUT2D eigenvalue weighted by Gasteiger charge is -2.15. The van der Waals surface area contributed by atoms with Gasteiger partial charge < -0.3 is 5.32 Å². The zero-order valence-electron chi connectivity index (χ0n) is 13.9. The maximum Gasteiger partial charge on any atom is 0.334 e. The third kappa shape index (κ3) is 3.68. The minimum Gasteiger partial charge on any atom is -0.365 e. The molecule has 0 bridgehead atoms. The number of nitrogens with one attached hydrogen (secondary N) is 2. The Balaban J connectivity index is 1.96. The number of aromatic amines is 1. The van der Waals surface area contributed by atoms with Crippen molar-refractivity contribution in [3.05, 3.63) is 92.4 Å². The lowest BCUT2D eigenvalue weighted by Crippen LogP contribution is -2.34. The van der Waals surface area contributed by atoms with Crippen LogP contribution in [0, 0.1) is 12.7 Å². The second-order valence-electron chi connectivity index (χ2n) is 5.93. The summed E-state index contributed by atoms with van der Waals surface area (Å²) in [4.78, 5) is 27.4. The molecular weight excluding hydrogens is 321 g/mol. The Bertz CT molecular complexity index is 958. The van der Waals surface area contributed by atoms with Gasteiger partial charge in [0.25, 0.3) is 5.56 Å². The molecule has 0 saturated carbocycles. The fourth-order valence-corrected chi connectivity index (χ4v) is 2.72. The number of H-pyrrole nitrogens is 1. The number of aromatic nitrogens is 2. The molecule has 3 rings (SSSR count).